The lowest BCUT2D eigenvalue weighted by molar-refractivity contribution is -0.128. The lowest BCUT2D eigenvalue weighted by Gasteiger charge is -2.12. The van der Waals surface area contributed by atoms with Crippen molar-refractivity contribution in [3.8, 4) is 0 Å². The molecule has 0 aromatic carbocycles. The molecule has 0 spiro atoms. The number of hydrogen-bond acceptors (Lipinski definition) is 2. The Bertz CT molecular complexity index is 177. The summed E-state index contributed by atoms with van der Waals surface area (Å²) in [5, 5.41) is 9.23. The summed E-state index contributed by atoms with van der Waals surface area (Å²) in [5.41, 5.74) is -0.144. The van der Waals surface area contributed by atoms with Crippen molar-refractivity contribution < 1.29 is 9.90 Å². The van der Waals surface area contributed by atoms with Crippen molar-refractivity contribution in [1.82, 2.24) is 0 Å². The minimum atomic E-state index is -1.11. The van der Waals surface area contributed by atoms with Crippen molar-refractivity contribution in [3.63, 3.8) is 0 Å². The summed E-state index contributed by atoms with van der Waals surface area (Å²) in [6.45, 7) is 3.39. The first kappa shape index (κ1) is 6.49. The van der Waals surface area contributed by atoms with E-state index in [4.69, 9.17) is 0 Å². The highest BCUT2D eigenvalue weighted by atomic mass is 16.3. The zero-order valence-electron chi connectivity index (χ0n) is 5.64. The maximum absolute atomic E-state index is 10.8. The molecule has 1 unspecified atom stereocenters. The molecule has 1 atom stereocenters. The molecule has 0 saturated heterocycles. The van der Waals surface area contributed by atoms with Gasteiger partial charge in [0.1, 0.15) is 5.60 Å². The number of aliphatic hydroxyl groups is 1. The highest BCUT2D eigenvalue weighted by Gasteiger charge is 2.33. The highest BCUT2D eigenvalue weighted by Crippen LogP contribution is 2.24. The van der Waals surface area contributed by atoms with Gasteiger partial charge in [0, 0.05) is 6.42 Å². The lowest BCUT2D eigenvalue weighted by Crippen LogP contribution is -2.29. The van der Waals surface area contributed by atoms with Crippen LogP contribution in [0.25, 0.3) is 0 Å². The van der Waals surface area contributed by atoms with E-state index in [1.54, 1.807) is 6.92 Å². The summed E-state index contributed by atoms with van der Waals surface area (Å²) >= 11 is 0. The molecule has 2 heteroatoms. The molecule has 1 aliphatic carbocycles. The topological polar surface area (TPSA) is 37.3 Å². The van der Waals surface area contributed by atoms with Crippen molar-refractivity contribution in [1.29, 1.82) is 0 Å². The maximum atomic E-state index is 10.8. The Balaban J connectivity index is 2.84. The monoisotopic (exact) mass is 126 g/mol. The molecule has 0 aliphatic heterocycles. The van der Waals surface area contributed by atoms with Crippen molar-refractivity contribution >= 4 is 5.78 Å². The molecule has 0 radical (unpaired) electrons. The van der Waals surface area contributed by atoms with Gasteiger partial charge in [-0.25, -0.2) is 0 Å². The molecule has 1 N–H and O–H groups in total. The summed E-state index contributed by atoms with van der Waals surface area (Å²) in [6, 6.07) is 0. The Morgan fingerprint density at radius 3 is 2.44 bits per heavy atom. The van der Waals surface area contributed by atoms with Crippen LogP contribution in [0.5, 0.6) is 0 Å². The van der Waals surface area contributed by atoms with Crippen LogP contribution in [0.3, 0.4) is 0 Å². The summed E-state index contributed by atoms with van der Waals surface area (Å²) in [6.07, 6.45) is 1.99. The minimum absolute atomic E-state index is 0.167. The Kier molecular flexibility index (Phi) is 1.21. The summed E-state index contributed by atoms with van der Waals surface area (Å²) < 4.78 is 0. The fraction of sp³-hybridized carbons (Fsp3) is 0.571. The maximum Gasteiger partial charge on any atom is 0.187 e. The average molecular weight is 126 g/mol. The van der Waals surface area contributed by atoms with E-state index < -0.39 is 5.60 Å². The molecular weight excluding hydrogens is 116 g/mol. The van der Waals surface area contributed by atoms with Crippen LogP contribution in [-0.4, -0.2) is 16.5 Å². The second-order valence-electron chi connectivity index (χ2n) is 2.81. The van der Waals surface area contributed by atoms with E-state index in [0.29, 0.717) is 6.42 Å². The molecule has 9 heavy (non-hydrogen) atoms. The van der Waals surface area contributed by atoms with Gasteiger partial charge >= 0.3 is 0 Å². The standard InChI is InChI=1S/C7H10O2/c1-5-3-6(8)7(2,9)4-5/h3,9H,4H2,1-2H3. The molecule has 1 rings (SSSR count). The predicted octanol–water partition coefficient (Wildman–Crippen LogP) is 0.657. The number of hydrogen-bond donors (Lipinski definition) is 1. The molecule has 0 heterocycles. The van der Waals surface area contributed by atoms with Crippen LogP contribution < -0.4 is 0 Å². The van der Waals surface area contributed by atoms with E-state index in [1.165, 1.54) is 6.08 Å². The van der Waals surface area contributed by atoms with Crippen molar-refractivity contribution in [3.05, 3.63) is 11.6 Å². The first-order valence-corrected chi connectivity index (χ1v) is 2.96. The van der Waals surface area contributed by atoms with Crippen LogP contribution in [0.4, 0.5) is 0 Å². The van der Waals surface area contributed by atoms with Gasteiger partial charge in [-0.3, -0.25) is 4.79 Å². The lowest BCUT2D eigenvalue weighted by atomic mass is 10.0. The minimum Gasteiger partial charge on any atom is -0.382 e. The highest BCUT2D eigenvalue weighted by molar-refractivity contribution is 5.99. The Labute approximate surface area is 54.2 Å². The van der Waals surface area contributed by atoms with E-state index in [9.17, 15) is 9.90 Å². The van der Waals surface area contributed by atoms with E-state index in [2.05, 4.69) is 0 Å². The molecule has 1 aliphatic rings. The van der Waals surface area contributed by atoms with Crippen LogP contribution in [0.15, 0.2) is 11.6 Å². The third-order valence-electron chi connectivity index (χ3n) is 1.53. The SMILES string of the molecule is CC1=CC(=O)C(C)(O)C1. The molecule has 0 aromatic rings. The van der Waals surface area contributed by atoms with Gasteiger partial charge in [0.25, 0.3) is 0 Å². The third kappa shape index (κ3) is 1.03. The molecule has 50 valence electrons. The fourth-order valence-corrected chi connectivity index (χ4v) is 1.06. The van der Waals surface area contributed by atoms with Gasteiger partial charge in [-0.2, -0.15) is 0 Å². The molecule has 0 aromatic heterocycles. The van der Waals surface area contributed by atoms with Crippen molar-refractivity contribution in [2.75, 3.05) is 0 Å². The summed E-state index contributed by atoms with van der Waals surface area (Å²) in [4.78, 5) is 10.8. The van der Waals surface area contributed by atoms with E-state index in [0.717, 1.165) is 5.57 Å². The third-order valence-corrected chi connectivity index (χ3v) is 1.53. The van der Waals surface area contributed by atoms with Crippen molar-refractivity contribution in [2.24, 2.45) is 0 Å². The normalized spacial score (nSPS) is 35.0. The molecule has 2 nitrogen and oxygen atoms in total. The van der Waals surface area contributed by atoms with Gasteiger partial charge in [0.2, 0.25) is 0 Å². The molecule has 0 fully saturated rings. The van der Waals surface area contributed by atoms with Gasteiger partial charge in [0.05, 0.1) is 0 Å². The smallest absolute Gasteiger partial charge is 0.187 e. The second kappa shape index (κ2) is 1.67. The van der Waals surface area contributed by atoms with Crippen LogP contribution in [0.2, 0.25) is 0 Å². The van der Waals surface area contributed by atoms with Gasteiger partial charge in [-0.05, 0) is 19.9 Å². The zero-order chi connectivity index (χ0) is 7.07. The molecule has 0 saturated carbocycles. The second-order valence-corrected chi connectivity index (χ2v) is 2.81. The zero-order valence-corrected chi connectivity index (χ0v) is 5.64. The fourth-order valence-electron chi connectivity index (χ4n) is 1.06. The number of carbonyl (C=O) groups is 1. The molecule has 0 amide bonds. The predicted molar refractivity (Wildman–Crippen MR) is 34.0 cm³/mol. The molecule has 0 bridgehead atoms. The van der Waals surface area contributed by atoms with Gasteiger partial charge < -0.3 is 5.11 Å². The van der Waals surface area contributed by atoms with E-state index in [1.807, 2.05) is 6.92 Å². The quantitative estimate of drug-likeness (QED) is 0.517. The van der Waals surface area contributed by atoms with Crippen LogP contribution in [-0.2, 0) is 4.79 Å². The summed E-state index contributed by atoms with van der Waals surface area (Å²) in [7, 11) is 0. The van der Waals surface area contributed by atoms with Crippen LogP contribution in [0.1, 0.15) is 20.3 Å². The molecular formula is C7H10O2. The van der Waals surface area contributed by atoms with Gasteiger partial charge in [0.15, 0.2) is 5.78 Å². The number of rotatable bonds is 0. The van der Waals surface area contributed by atoms with Crippen LogP contribution in [0, 0.1) is 0 Å². The first-order chi connectivity index (χ1) is 4.02. The first-order valence-electron chi connectivity index (χ1n) is 2.96. The van der Waals surface area contributed by atoms with Gasteiger partial charge in [-0.1, -0.05) is 5.57 Å². The Morgan fingerprint density at radius 2 is 2.33 bits per heavy atom. The number of carbonyl (C=O) groups excluding carboxylic acids is 1. The van der Waals surface area contributed by atoms with E-state index in [-0.39, 0.29) is 5.78 Å². The van der Waals surface area contributed by atoms with Crippen LogP contribution >= 0.6 is 0 Å². The summed E-state index contributed by atoms with van der Waals surface area (Å²) in [5.74, 6) is -0.167. The average Bonchev–Trinajstić information content (AvgIpc) is 1.79. The Morgan fingerprint density at radius 1 is 1.78 bits per heavy atom. The van der Waals surface area contributed by atoms with Gasteiger partial charge in [-0.15, -0.1) is 0 Å². The number of ketones is 1. The van der Waals surface area contributed by atoms with E-state index >= 15 is 0 Å². The largest absolute Gasteiger partial charge is 0.382 e. The van der Waals surface area contributed by atoms with Crippen molar-refractivity contribution in [2.45, 2.75) is 25.9 Å². The Hall–Kier alpha value is -0.630.